The molecule has 0 radical (unpaired) electrons. The van der Waals surface area contributed by atoms with E-state index in [1.807, 2.05) is 25.7 Å². The maximum Gasteiger partial charge on any atom is 0.227 e. The molecule has 0 bridgehead atoms. The summed E-state index contributed by atoms with van der Waals surface area (Å²) in [5, 5.41) is 3.26. The van der Waals surface area contributed by atoms with Crippen molar-refractivity contribution in [3.63, 3.8) is 0 Å². The number of nitrogens with one attached hydrogen (secondary N) is 1. The van der Waals surface area contributed by atoms with E-state index in [0.29, 0.717) is 19.1 Å². The van der Waals surface area contributed by atoms with Crippen molar-refractivity contribution in [2.45, 2.75) is 65.8 Å². The van der Waals surface area contributed by atoms with E-state index < -0.39 is 0 Å². The van der Waals surface area contributed by atoms with Gasteiger partial charge in [0.15, 0.2) is 0 Å². The van der Waals surface area contributed by atoms with Gasteiger partial charge in [-0.15, -0.1) is 0 Å². The molecule has 0 atom stereocenters. The Hall–Kier alpha value is -1.10. The molecule has 2 saturated heterocycles. The van der Waals surface area contributed by atoms with Gasteiger partial charge in [0.1, 0.15) is 0 Å². The van der Waals surface area contributed by atoms with Crippen LogP contribution in [0, 0.1) is 11.3 Å². The maximum atomic E-state index is 12.5. The molecule has 1 N–H and O–H groups in total. The first kappa shape index (κ1) is 19.2. The molecule has 5 heteroatoms. The fourth-order valence-electron chi connectivity index (χ4n) is 3.76. The van der Waals surface area contributed by atoms with Crippen LogP contribution in [0.25, 0.3) is 0 Å². The molecule has 0 aliphatic carbocycles. The lowest BCUT2D eigenvalue weighted by Crippen LogP contribution is -2.49. The van der Waals surface area contributed by atoms with Crippen molar-refractivity contribution in [1.82, 2.24) is 15.1 Å². The lowest BCUT2D eigenvalue weighted by atomic mass is 9.90. The molecular weight excluding hydrogens is 302 g/mol. The first-order valence-corrected chi connectivity index (χ1v) is 9.63. The average molecular weight is 338 g/mol. The zero-order chi connectivity index (χ0) is 17.7. The van der Waals surface area contributed by atoms with Gasteiger partial charge in [0, 0.05) is 43.6 Å². The molecule has 0 aromatic heterocycles. The normalized spacial score (nSPS) is 21.8. The fraction of sp³-hybridized carbons (Fsp3) is 0.895. The number of rotatable bonds is 4. The van der Waals surface area contributed by atoms with Crippen LogP contribution in [-0.4, -0.2) is 60.4 Å². The van der Waals surface area contributed by atoms with Crippen LogP contribution >= 0.6 is 0 Å². The molecule has 2 aliphatic rings. The summed E-state index contributed by atoms with van der Waals surface area (Å²) in [7, 11) is 0. The number of carbonyl (C=O) groups excluding carboxylic acids is 2. The van der Waals surface area contributed by atoms with E-state index in [1.165, 1.54) is 13.0 Å². The van der Waals surface area contributed by atoms with E-state index in [9.17, 15) is 9.59 Å². The van der Waals surface area contributed by atoms with Gasteiger partial charge < -0.3 is 15.1 Å². The molecule has 5 nitrogen and oxygen atoms in total. The smallest absolute Gasteiger partial charge is 0.227 e. The lowest BCUT2D eigenvalue weighted by molar-refractivity contribution is -0.142. The largest absolute Gasteiger partial charge is 0.353 e. The van der Waals surface area contributed by atoms with Crippen LogP contribution in [0.1, 0.15) is 59.8 Å². The zero-order valence-electron chi connectivity index (χ0n) is 15.9. The van der Waals surface area contributed by atoms with Crippen LogP contribution in [0.15, 0.2) is 0 Å². The van der Waals surface area contributed by atoms with Crippen molar-refractivity contribution >= 4 is 11.8 Å². The van der Waals surface area contributed by atoms with Crippen LogP contribution < -0.4 is 5.32 Å². The van der Waals surface area contributed by atoms with E-state index in [2.05, 4.69) is 17.1 Å². The Kier molecular flexibility index (Phi) is 6.67. The number of hydrogen-bond donors (Lipinski definition) is 1. The summed E-state index contributed by atoms with van der Waals surface area (Å²) in [6.07, 6.45) is 4.91. The van der Waals surface area contributed by atoms with Gasteiger partial charge in [-0.1, -0.05) is 27.7 Å². The molecular formula is C19H35N3O2. The monoisotopic (exact) mass is 337 g/mol. The van der Waals surface area contributed by atoms with Gasteiger partial charge in [-0.25, -0.2) is 0 Å². The predicted octanol–water partition coefficient (Wildman–Crippen LogP) is 2.26. The van der Waals surface area contributed by atoms with Crippen molar-refractivity contribution in [2.24, 2.45) is 11.3 Å². The summed E-state index contributed by atoms with van der Waals surface area (Å²) in [5.74, 6) is 0.471. The number of carbonyl (C=O) groups is 2. The minimum absolute atomic E-state index is 0.0719. The molecule has 0 saturated carbocycles. The first-order valence-electron chi connectivity index (χ1n) is 9.63. The molecule has 2 heterocycles. The van der Waals surface area contributed by atoms with Gasteiger partial charge >= 0.3 is 0 Å². The summed E-state index contributed by atoms with van der Waals surface area (Å²) in [6, 6.07) is 0.333. The Balaban J connectivity index is 1.73. The Bertz CT molecular complexity index is 428. The zero-order valence-corrected chi connectivity index (χ0v) is 15.9. The molecule has 2 aliphatic heterocycles. The molecule has 0 spiro atoms. The molecule has 0 unspecified atom stereocenters. The lowest BCUT2D eigenvalue weighted by Gasteiger charge is -2.36. The summed E-state index contributed by atoms with van der Waals surface area (Å²) < 4.78 is 0. The van der Waals surface area contributed by atoms with E-state index in [0.717, 1.165) is 38.8 Å². The third kappa shape index (κ3) is 5.20. The van der Waals surface area contributed by atoms with Crippen LogP contribution in [0.2, 0.25) is 0 Å². The Morgan fingerprint density at radius 1 is 1.00 bits per heavy atom. The molecule has 2 rings (SSSR count). The van der Waals surface area contributed by atoms with Gasteiger partial charge in [0.2, 0.25) is 11.8 Å². The second-order valence-electron chi connectivity index (χ2n) is 8.44. The number of hydrogen-bond acceptors (Lipinski definition) is 3. The average Bonchev–Trinajstić information content (AvgIpc) is 2.55. The van der Waals surface area contributed by atoms with Crippen LogP contribution in [0.5, 0.6) is 0 Å². The van der Waals surface area contributed by atoms with E-state index >= 15 is 0 Å². The van der Waals surface area contributed by atoms with Crippen molar-refractivity contribution in [1.29, 1.82) is 0 Å². The molecule has 0 aromatic carbocycles. The highest BCUT2D eigenvalue weighted by Gasteiger charge is 2.33. The molecule has 138 valence electrons. The highest BCUT2D eigenvalue weighted by molar-refractivity contribution is 5.82. The van der Waals surface area contributed by atoms with E-state index in [1.54, 1.807) is 0 Å². The van der Waals surface area contributed by atoms with Crippen LogP contribution in [0.3, 0.4) is 0 Å². The molecule has 24 heavy (non-hydrogen) atoms. The highest BCUT2D eigenvalue weighted by atomic mass is 16.2. The summed E-state index contributed by atoms with van der Waals surface area (Å²) in [4.78, 5) is 29.2. The van der Waals surface area contributed by atoms with Crippen molar-refractivity contribution in [3.05, 3.63) is 0 Å². The van der Waals surface area contributed by atoms with Gasteiger partial charge in [0.25, 0.3) is 0 Å². The summed E-state index contributed by atoms with van der Waals surface area (Å²) in [6.45, 7) is 12.9. The number of likely N-dealkylation sites (tertiary alicyclic amines) is 2. The minimum Gasteiger partial charge on any atom is -0.353 e. The highest BCUT2D eigenvalue weighted by Crippen LogP contribution is 2.24. The Morgan fingerprint density at radius 3 is 2.08 bits per heavy atom. The quantitative estimate of drug-likeness (QED) is 0.856. The van der Waals surface area contributed by atoms with Crippen LogP contribution in [0.4, 0.5) is 0 Å². The Labute approximate surface area is 147 Å². The van der Waals surface area contributed by atoms with Gasteiger partial charge in [-0.2, -0.15) is 0 Å². The molecule has 2 fully saturated rings. The topological polar surface area (TPSA) is 52.7 Å². The summed E-state index contributed by atoms with van der Waals surface area (Å²) >= 11 is 0. The number of piperidine rings is 2. The van der Waals surface area contributed by atoms with Gasteiger partial charge in [-0.05, 0) is 38.6 Å². The summed E-state index contributed by atoms with van der Waals surface area (Å²) in [5.41, 5.74) is -0.332. The van der Waals surface area contributed by atoms with Crippen molar-refractivity contribution in [2.75, 3.05) is 32.7 Å². The third-order valence-corrected chi connectivity index (χ3v) is 5.27. The van der Waals surface area contributed by atoms with E-state index in [-0.39, 0.29) is 23.1 Å². The maximum absolute atomic E-state index is 12.5. The molecule has 0 aromatic rings. The second-order valence-corrected chi connectivity index (χ2v) is 8.44. The van der Waals surface area contributed by atoms with Crippen LogP contribution in [-0.2, 0) is 9.59 Å². The van der Waals surface area contributed by atoms with Gasteiger partial charge in [-0.3, -0.25) is 9.59 Å². The second kappa shape index (κ2) is 8.32. The minimum atomic E-state index is -0.332. The van der Waals surface area contributed by atoms with Crippen molar-refractivity contribution in [3.8, 4) is 0 Å². The number of nitrogens with zero attached hydrogens (tertiary/aromatic N) is 2. The SMILES string of the molecule is CCCN1CCC(NC(=O)C2CCN(C(=O)C(C)(C)C)CC2)CC1. The molecule has 2 amide bonds. The third-order valence-electron chi connectivity index (χ3n) is 5.27. The fourth-order valence-corrected chi connectivity index (χ4v) is 3.76. The van der Waals surface area contributed by atoms with Gasteiger partial charge in [0.05, 0.1) is 0 Å². The van der Waals surface area contributed by atoms with Crippen molar-refractivity contribution < 1.29 is 9.59 Å². The predicted molar refractivity (Wildman–Crippen MR) is 96.7 cm³/mol. The number of amides is 2. The standard InChI is InChI=1S/C19H35N3O2/c1-5-10-21-11-8-16(9-12-21)20-17(23)15-6-13-22(14-7-15)18(24)19(2,3)4/h15-16H,5-14H2,1-4H3,(H,20,23). The Morgan fingerprint density at radius 2 is 1.58 bits per heavy atom. The first-order chi connectivity index (χ1) is 11.3. The van der Waals surface area contributed by atoms with E-state index in [4.69, 9.17) is 0 Å².